The van der Waals surface area contributed by atoms with Crippen LogP contribution in [-0.4, -0.2) is 28.4 Å². The fourth-order valence-electron chi connectivity index (χ4n) is 2.46. The molecular formula is C16H24O5. The van der Waals surface area contributed by atoms with Crippen molar-refractivity contribution >= 4 is 5.97 Å². The van der Waals surface area contributed by atoms with Crippen molar-refractivity contribution in [2.75, 3.05) is 7.11 Å². The smallest absolute Gasteiger partial charge is 0.343 e. The molecule has 21 heavy (non-hydrogen) atoms. The number of carboxylic acid groups (broad SMARTS) is 1. The zero-order valence-corrected chi connectivity index (χ0v) is 12.9. The monoisotopic (exact) mass is 296 g/mol. The Morgan fingerprint density at radius 1 is 1.00 bits per heavy atom. The van der Waals surface area contributed by atoms with Crippen molar-refractivity contribution < 1.29 is 24.9 Å². The molecule has 5 heteroatoms. The summed E-state index contributed by atoms with van der Waals surface area (Å²) in [4.78, 5) is 11.4. The number of hydrogen-bond donors (Lipinski definition) is 3. The third-order valence-corrected chi connectivity index (χ3v) is 3.59. The molecule has 0 saturated carbocycles. The topological polar surface area (TPSA) is 87.0 Å². The summed E-state index contributed by atoms with van der Waals surface area (Å²) in [5.41, 5.74) is 0.937. The van der Waals surface area contributed by atoms with Gasteiger partial charge in [-0.3, -0.25) is 0 Å². The first-order valence-corrected chi connectivity index (χ1v) is 7.36. The highest BCUT2D eigenvalue weighted by molar-refractivity contribution is 5.96. The van der Waals surface area contributed by atoms with Crippen LogP contribution in [0.25, 0.3) is 0 Å². The van der Waals surface area contributed by atoms with Gasteiger partial charge in [0.25, 0.3) is 0 Å². The normalized spacial score (nSPS) is 10.6. The molecule has 0 heterocycles. The van der Waals surface area contributed by atoms with Crippen LogP contribution in [-0.2, 0) is 12.8 Å². The first-order chi connectivity index (χ1) is 9.99. The number of rotatable bonds is 8. The minimum atomic E-state index is -1.31. The maximum Gasteiger partial charge on any atom is 0.343 e. The van der Waals surface area contributed by atoms with Crippen LogP contribution in [0.4, 0.5) is 0 Å². The number of aromatic hydroxyl groups is 2. The molecule has 0 aliphatic heterocycles. The summed E-state index contributed by atoms with van der Waals surface area (Å²) in [7, 11) is 1.39. The first-order valence-electron chi connectivity index (χ1n) is 7.36. The Labute approximate surface area is 125 Å². The lowest BCUT2D eigenvalue weighted by molar-refractivity contribution is 0.0688. The number of methoxy groups -OCH3 is 1. The number of aromatic carboxylic acids is 1. The summed E-state index contributed by atoms with van der Waals surface area (Å²) in [6, 6.07) is 0. The van der Waals surface area contributed by atoms with Crippen LogP contribution < -0.4 is 4.74 Å². The van der Waals surface area contributed by atoms with E-state index in [4.69, 9.17) is 4.74 Å². The second-order valence-electron chi connectivity index (χ2n) is 5.07. The van der Waals surface area contributed by atoms with Gasteiger partial charge in [0.1, 0.15) is 11.3 Å². The Kier molecular flexibility index (Phi) is 6.34. The van der Waals surface area contributed by atoms with Crippen LogP contribution in [0, 0.1) is 0 Å². The molecular weight excluding hydrogens is 272 g/mol. The van der Waals surface area contributed by atoms with E-state index in [1.807, 2.05) is 13.8 Å². The van der Waals surface area contributed by atoms with Gasteiger partial charge in [-0.25, -0.2) is 4.79 Å². The fourth-order valence-corrected chi connectivity index (χ4v) is 2.46. The molecule has 0 aliphatic carbocycles. The molecule has 1 aromatic carbocycles. The molecule has 0 atom stereocenters. The number of carbonyl (C=O) groups is 1. The number of phenolic OH excluding ortho intramolecular Hbond substituents is 1. The van der Waals surface area contributed by atoms with E-state index >= 15 is 0 Å². The molecule has 0 aliphatic rings. The van der Waals surface area contributed by atoms with E-state index < -0.39 is 11.7 Å². The Morgan fingerprint density at radius 3 is 1.95 bits per heavy atom. The molecule has 5 nitrogen and oxygen atoms in total. The summed E-state index contributed by atoms with van der Waals surface area (Å²) in [6.45, 7) is 4.07. The van der Waals surface area contributed by atoms with Crippen LogP contribution in [0.1, 0.15) is 61.0 Å². The van der Waals surface area contributed by atoms with Gasteiger partial charge in [0.15, 0.2) is 11.5 Å². The Bertz CT molecular complexity index is 508. The largest absolute Gasteiger partial charge is 0.504 e. The number of hydrogen-bond acceptors (Lipinski definition) is 4. The summed E-state index contributed by atoms with van der Waals surface area (Å²) in [5.74, 6) is -2.07. The van der Waals surface area contributed by atoms with E-state index in [0.29, 0.717) is 24.0 Å². The van der Waals surface area contributed by atoms with Gasteiger partial charge in [0.05, 0.1) is 7.11 Å². The Balaban J connectivity index is 3.53. The number of carboxylic acids is 1. The molecule has 1 aromatic rings. The molecule has 0 fully saturated rings. The highest BCUT2D eigenvalue weighted by Gasteiger charge is 2.27. The van der Waals surface area contributed by atoms with Gasteiger partial charge in [-0.1, -0.05) is 26.7 Å². The predicted octanol–water partition coefficient (Wildman–Crippen LogP) is 3.49. The molecule has 0 spiro atoms. The minimum absolute atomic E-state index is 0.164. The van der Waals surface area contributed by atoms with Crippen LogP contribution in [0.2, 0.25) is 0 Å². The van der Waals surface area contributed by atoms with Gasteiger partial charge in [-0.2, -0.15) is 0 Å². The van der Waals surface area contributed by atoms with Crippen molar-refractivity contribution in [2.24, 2.45) is 0 Å². The van der Waals surface area contributed by atoms with E-state index in [1.165, 1.54) is 7.11 Å². The van der Waals surface area contributed by atoms with Crippen molar-refractivity contribution in [3.05, 3.63) is 16.7 Å². The van der Waals surface area contributed by atoms with E-state index in [0.717, 1.165) is 25.7 Å². The minimum Gasteiger partial charge on any atom is -0.504 e. The lowest BCUT2D eigenvalue weighted by atomic mass is 9.92. The van der Waals surface area contributed by atoms with Crippen LogP contribution >= 0.6 is 0 Å². The average Bonchev–Trinajstić information content (AvgIpc) is 2.46. The number of unbranched alkanes of at least 4 members (excludes halogenated alkanes) is 2. The summed E-state index contributed by atoms with van der Waals surface area (Å²) in [6.07, 6.45) is 4.80. The van der Waals surface area contributed by atoms with Crippen molar-refractivity contribution in [3.63, 3.8) is 0 Å². The fraction of sp³-hybridized carbons (Fsp3) is 0.562. The second kappa shape index (κ2) is 7.76. The van der Waals surface area contributed by atoms with Gasteiger partial charge < -0.3 is 20.1 Å². The SMILES string of the molecule is CCCCc1c(O)c(O)c(C(=O)O)c(OC)c1CCCC. The molecule has 0 amide bonds. The molecule has 0 aromatic heterocycles. The predicted molar refractivity (Wildman–Crippen MR) is 80.5 cm³/mol. The van der Waals surface area contributed by atoms with E-state index in [9.17, 15) is 20.1 Å². The summed E-state index contributed by atoms with van der Waals surface area (Å²) < 4.78 is 5.24. The summed E-state index contributed by atoms with van der Waals surface area (Å²) in [5, 5.41) is 29.5. The number of phenols is 2. The van der Waals surface area contributed by atoms with Gasteiger partial charge in [0, 0.05) is 11.1 Å². The van der Waals surface area contributed by atoms with Crippen LogP contribution in [0.15, 0.2) is 0 Å². The number of benzene rings is 1. The first kappa shape index (κ1) is 17.1. The van der Waals surface area contributed by atoms with Crippen LogP contribution in [0.3, 0.4) is 0 Å². The lowest BCUT2D eigenvalue weighted by Gasteiger charge is -2.19. The lowest BCUT2D eigenvalue weighted by Crippen LogP contribution is -2.08. The molecule has 1 rings (SSSR count). The van der Waals surface area contributed by atoms with Crippen molar-refractivity contribution in [1.82, 2.24) is 0 Å². The molecule has 0 radical (unpaired) electrons. The Hall–Kier alpha value is -1.91. The standard InChI is InChI=1S/C16H24O5/c1-4-6-8-10-11(9-7-5-2)15(21-3)12(16(19)20)14(18)13(10)17/h17-18H,4-9H2,1-3H3,(H,19,20). The maximum absolute atomic E-state index is 11.4. The van der Waals surface area contributed by atoms with Crippen molar-refractivity contribution in [3.8, 4) is 17.2 Å². The highest BCUT2D eigenvalue weighted by atomic mass is 16.5. The molecule has 118 valence electrons. The number of ether oxygens (including phenoxy) is 1. The van der Waals surface area contributed by atoms with Crippen molar-refractivity contribution in [2.45, 2.75) is 52.4 Å². The van der Waals surface area contributed by atoms with Gasteiger partial charge in [-0.05, 0) is 25.7 Å². The third-order valence-electron chi connectivity index (χ3n) is 3.59. The quantitative estimate of drug-likeness (QED) is 0.639. The van der Waals surface area contributed by atoms with Crippen LogP contribution in [0.5, 0.6) is 17.2 Å². The molecule has 0 bridgehead atoms. The molecule has 0 saturated heterocycles. The van der Waals surface area contributed by atoms with Gasteiger partial charge in [0.2, 0.25) is 0 Å². The average molecular weight is 296 g/mol. The zero-order chi connectivity index (χ0) is 16.0. The molecule has 3 N–H and O–H groups in total. The molecule has 0 unspecified atom stereocenters. The van der Waals surface area contributed by atoms with Gasteiger partial charge in [-0.15, -0.1) is 0 Å². The highest BCUT2D eigenvalue weighted by Crippen LogP contribution is 2.44. The third kappa shape index (κ3) is 3.60. The van der Waals surface area contributed by atoms with E-state index in [2.05, 4.69) is 0 Å². The Morgan fingerprint density at radius 2 is 1.52 bits per heavy atom. The van der Waals surface area contributed by atoms with E-state index in [-0.39, 0.29) is 17.1 Å². The second-order valence-corrected chi connectivity index (χ2v) is 5.07. The van der Waals surface area contributed by atoms with E-state index in [1.54, 1.807) is 0 Å². The summed E-state index contributed by atoms with van der Waals surface area (Å²) >= 11 is 0. The van der Waals surface area contributed by atoms with Crippen molar-refractivity contribution in [1.29, 1.82) is 0 Å². The zero-order valence-electron chi connectivity index (χ0n) is 12.9. The van der Waals surface area contributed by atoms with Gasteiger partial charge >= 0.3 is 5.97 Å². The maximum atomic E-state index is 11.4.